The van der Waals surface area contributed by atoms with E-state index in [9.17, 15) is 9.90 Å². The number of aromatic nitrogens is 2. The molecule has 9 heteroatoms. The topological polar surface area (TPSA) is 110 Å². The van der Waals surface area contributed by atoms with Gasteiger partial charge in [-0.2, -0.15) is 5.10 Å². The number of aromatic hydroxyl groups is 1. The van der Waals surface area contributed by atoms with Crippen molar-refractivity contribution in [3.63, 3.8) is 0 Å². The number of rotatable bonds is 10. The summed E-state index contributed by atoms with van der Waals surface area (Å²) >= 11 is 1.15. The molecule has 0 atom stereocenters. The number of nitrogens with zero attached hydrogens (tertiary/aromatic N) is 3. The molecular formula is C22H24N4O4S. The molecule has 162 valence electrons. The van der Waals surface area contributed by atoms with Crippen molar-refractivity contribution in [1.82, 2.24) is 15.6 Å². The summed E-state index contributed by atoms with van der Waals surface area (Å²) in [6, 6.07) is 12.8. The third-order valence-corrected chi connectivity index (χ3v) is 5.31. The van der Waals surface area contributed by atoms with Gasteiger partial charge in [-0.05, 0) is 55.2 Å². The molecule has 3 aromatic rings. The molecule has 8 nitrogen and oxygen atoms in total. The summed E-state index contributed by atoms with van der Waals surface area (Å²) in [6.45, 7) is 2.07. The average molecular weight is 441 g/mol. The van der Waals surface area contributed by atoms with Gasteiger partial charge in [0.25, 0.3) is 11.1 Å². The molecule has 0 saturated carbocycles. The zero-order valence-electron chi connectivity index (χ0n) is 17.4. The summed E-state index contributed by atoms with van der Waals surface area (Å²) in [4.78, 5) is 11.9. The summed E-state index contributed by atoms with van der Waals surface area (Å²) in [5.74, 6) is 1.27. The van der Waals surface area contributed by atoms with Crippen LogP contribution in [0, 0.1) is 6.92 Å². The first kappa shape index (κ1) is 22.4. The minimum absolute atomic E-state index is 0.0881. The number of hydrogen-bond acceptors (Lipinski definition) is 8. The van der Waals surface area contributed by atoms with E-state index in [0.29, 0.717) is 23.1 Å². The number of carbonyl (C=O) groups is 1. The maximum Gasteiger partial charge on any atom is 0.277 e. The molecule has 0 unspecified atom stereocenters. The van der Waals surface area contributed by atoms with Gasteiger partial charge in [0.05, 0.1) is 19.1 Å². The smallest absolute Gasteiger partial charge is 0.277 e. The van der Waals surface area contributed by atoms with E-state index in [-0.39, 0.29) is 17.4 Å². The highest BCUT2D eigenvalue weighted by molar-refractivity contribution is 7.99. The zero-order chi connectivity index (χ0) is 22.1. The van der Waals surface area contributed by atoms with Crippen LogP contribution in [-0.2, 0) is 17.6 Å². The number of ether oxygens (including phenoxy) is 1. The van der Waals surface area contributed by atoms with Crippen LogP contribution in [0.2, 0.25) is 0 Å². The number of benzene rings is 2. The Bertz CT molecular complexity index is 1050. The second-order valence-corrected chi connectivity index (χ2v) is 7.67. The largest absolute Gasteiger partial charge is 0.507 e. The average Bonchev–Trinajstić information content (AvgIpc) is 3.22. The van der Waals surface area contributed by atoms with Gasteiger partial charge >= 0.3 is 0 Å². The second kappa shape index (κ2) is 11.2. The molecule has 3 rings (SSSR count). The Balaban J connectivity index is 1.39. The fraction of sp³-hybridized carbons (Fsp3) is 0.273. The summed E-state index contributed by atoms with van der Waals surface area (Å²) in [7, 11) is 1.66. The van der Waals surface area contributed by atoms with Crippen LogP contribution in [0.4, 0.5) is 0 Å². The van der Waals surface area contributed by atoms with Crippen molar-refractivity contribution in [2.24, 2.45) is 5.10 Å². The molecule has 0 spiro atoms. The van der Waals surface area contributed by atoms with Crippen LogP contribution in [0.25, 0.3) is 0 Å². The number of hydrogen-bond donors (Lipinski definition) is 2. The van der Waals surface area contributed by atoms with Crippen molar-refractivity contribution in [3.8, 4) is 11.5 Å². The number of para-hydroxylation sites is 1. The van der Waals surface area contributed by atoms with Gasteiger partial charge in [0.2, 0.25) is 5.89 Å². The van der Waals surface area contributed by atoms with Gasteiger partial charge in [-0.25, -0.2) is 5.43 Å². The van der Waals surface area contributed by atoms with E-state index in [1.807, 2.05) is 12.1 Å². The highest BCUT2D eigenvalue weighted by Crippen LogP contribution is 2.20. The molecule has 0 bridgehead atoms. The Hall–Kier alpha value is -3.33. The maximum atomic E-state index is 11.9. The normalized spacial score (nSPS) is 11.0. The maximum absolute atomic E-state index is 11.9. The lowest BCUT2D eigenvalue weighted by Crippen LogP contribution is -2.19. The van der Waals surface area contributed by atoms with E-state index >= 15 is 0 Å². The lowest BCUT2D eigenvalue weighted by molar-refractivity contribution is -0.118. The predicted molar refractivity (Wildman–Crippen MR) is 119 cm³/mol. The first-order valence-electron chi connectivity index (χ1n) is 9.73. The lowest BCUT2D eigenvalue weighted by atomic mass is 10.0. The minimum Gasteiger partial charge on any atom is -0.507 e. The Kier molecular flexibility index (Phi) is 8.05. The molecule has 0 saturated heterocycles. The third-order valence-electron chi connectivity index (χ3n) is 4.49. The van der Waals surface area contributed by atoms with Crippen molar-refractivity contribution >= 4 is 23.9 Å². The van der Waals surface area contributed by atoms with E-state index < -0.39 is 0 Å². The molecule has 0 aliphatic rings. The van der Waals surface area contributed by atoms with Crippen LogP contribution in [0.3, 0.4) is 0 Å². The van der Waals surface area contributed by atoms with E-state index in [0.717, 1.165) is 30.4 Å². The van der Waals surface area contributed by atoms with Crippen molar-refractivity contribution in [2.45, 2.75) is 31.4 Å². The molecular weight excluding hydrogens is 416 g/mol. The standard InChI is InChI=1S/C22H24N4O4S/c1-15-12-18(29-2)11-10-16(15)7-5-9-21-25-26-22(30-21)31-14-20(28)24-23-13-17-6-3-4-8-19(17)27/h3-4,6,8,10-13,27H,5,7,9,14H2,1-2H3,(H,24,28)/b23-13+. The van der Waals surface area contributed by atoms with Gasteiger partial charge in [-0.1, -0.05) is 30.0 Å². The summed E-state index contributed by atoms with van der Waals surface area (Å²) in [5, 5.41) is 21.8. The van der Waals surface area contributed by atoms with E-state index in [1.54, 1.807) is 31.4 Å². The molecule has 0 fully saturated rings. The van der Waals surface area contributed by atoms with Crippen LogP contribution in [0.5, 0.6) is 11.5 Å². The molecule has 0 radical (unpaired) electrons. The lowest BCUT2D eigenvalue weighted by Gasteiger charge is -2.07. The summed E-state index contributed by atoms with van der Waals surface area (Å²) in [5.41, 5.74) is 5.37. The number of carbonyl (C=O) groups excluding carboxylic acids is 1. The molecule has 1 heterocycles. The van der Waals surface area contributed by atoms with Gasteiger partial charge in [0, 0.05) is 12.0 Å². The molecule has 1 aromatic heterocycles. The van der Waals surface area contributed by atoms with Gasteiger partial charge in [0.15, 0.2) is 0 Å². The van der Waals surface area contributed by atoms with Crippen LogP contribution in [0.1, 0.15) is 29.0 Å². The van der Waals surface area contributed by atoms with Crippen LogP contribution in [-0.4, -0.2) is 40.3 Å². The van der Waals surface area contributed by atoms with Crippen LogP contribution in [0.15, 0.2) is 57.2 Å². The van der Waals surface area contributed by atoms with Gasteiger partial charge in [0.1, 0.15) is 11.5 Å². The summed E-state index contributed by atoms with van der Waals surface area (Å²) in [6.07, 6.45) is 3.82. The van der Waals surface area contributed by atoms with Gasteiger partial charge < -0.3 is 14.3 Å². The molecule has 2 aromatic carbocycles. The SMILES string of the molecule is COc1ccc(CCCc2nnc(SCC(=O)N/N=C/c3ccccc3O)o2)c(C)c1. The number of phenolic OH excluding ortho intramolecular Hbond substituents is 1. The van der Waals surface area contributed by atoms with Crippen molar-refractivity contribution in [3.05, 3.63) is 65.0 Å². The zero-order valence-corrected chi connectivity index (χ0v) is 18.2. The highest BCUT2D eigenvalue weighted by Gasteiger charge is 2.10. The number of methoxy groups -OCH3 is 1. The fourth-order valence-electron chi connectivity index (χ4n) is 2.83. The Morgan fingerprint density at radius 2 is 2.10 bits per heavy atom. The Labute approximate surface area is 184 Å². The molecule has 1 amide bonds. The van der Waals surface area contributed by atoms with Crippen LogP contribution < -0.4 is 10.2 Å². The molecule has 0 aliphatic carbocycles. The monoisotopic (exact) mass is 440 g/mol. The minimum atomic E-state index is -0.314. The Morgan fingerprint density at radius 1 is 1.26 bits per heavy atom. The first-order valence-corrected chi connectivity index (χ1v) is 10.7. The molecule has 0 aliphatic heterocycles. The number of amides is 1. The number of thioether (sulfide) groups is 1. The Morgan fingerprint density at radius 3 is 2.87 bits per heavy atom. The quantitative estimate of drug-likeness (QED) is 0.282. The van der Waals surface area contributed by atoms with Crippen molar-refractivity contribution in [2.75, 3.05) is 12.9 Å². The molecule has 31 heavy (non-hydrogen) atoms. The number of aryl methyl sites for hydroxylation is 3. The van der Waals surface area contributed by atoms with E-state index in [4.69, 9.17) is 9.15 Å². The number of hydrazone groups is 1. The van der Waals surface area contributed by atoms with Crippen molar-refractivity contribution < 1.29 is 19.1 Å². The highest BCUT2D eigenvalue weighted by atomic mass is 32.2. The molecule has 2 N–H and O–H groups in total. The third kappa shape index (κ3) is 6.85. The predicted octanol–water partition coefficient (Wildman–Crippen LogP) is 3.51. The van der Waals surface area contributed by atoms with Crippen molar-refractivity contribution in [1.29, 1.82) is 0 Å². The van der Waals surface area contributed by atoms with E-state index in [1.165, 1.54) is 17.3 Å². The second-order valence-electron chi connectivity index (χ2n) is 6.75. The van der Waals surface area contributed by atoms with Gasteiger partial charge in [-0.15, -0.1) is 10.2 Å². The van der Waals surface area contributed by atoms with Crippen LogP contribution >= 0.6 is 11.8 Å². The number of phenols is 1. The first-order chi connectivity index (χ1) is 15.0. The number of nitrogens with one attached hydrogen (secondary N) is 1. The van der Waals surface area contributed by atoms with Gasteiger partial charge in [-0.3, -0.25) is 4.79 Å². The van der Waals surface area contributed by atoms with E-state index in [2.05, 4.69) is 33.7 Å². The summed E-state index contributed by atoms with van der Waals surface area (Å²) < 4.78 is 10.8. The fourth-order valence-corrected chi connectivity index (χ4v) is 3.41.